The number of anilines is 2. The summed E-state index contributed by atoms with van der Waals surface area (Å²) in [6.45, 7) is 1.89. The van der Waals surface area contributed by atoms with Gasteiger partial charge in [0, 0.05) is 11.4 Å². The number of benzene rings is 2. The summed E-state index contributed by atoms with van der Waals surface area (Å²) in [5.41, 5.74) is 0.819. The summed E-state index contributed by atoms with van der Waals surface area (Å²) >= 11 is 0. The quantitative estimate of drug-likeness (QED) is 0.660. The molecule has 7 heteroatoms. The van der Waals surface area contributed by atoms with Crippen molar-refractivity contribution in [2.75, 3.05) is 17.2 Å². The fourth-order valence-corrected chi connectivity index (χ4v) is 1.71. The van der Waals surface area contributed by atoms with E-state index < -0.39 is 18.0 Å². The van der Waals surface area contributed by atoms with Crippen LogP contribution < -0.4 is 15.4 Å². The lowest BCUT2D eigenvalue weighted by Crippen LogP contribution is -2.19. The van der Waals surface area contributed by atoms with E-state index in [4.69, 9.17) is 4.74 Å². The number of nitrogens with one attached hydrogen (secondary N) is 2. The van der Waals surface area contributed by atoms with Crippen molar-refractivity contribution in [3.05, 3.63) is 54.3 Å². The first-order valence-electron chi connectivity index (χ1n) is 6.85. The Kier molecular flexibility index (Phi) is 5.51. The van der Waals surface area contributed by atoms with Gasteiger partial charge in [-0.05, 0) is 49.4 Å². The minimum Gasteiger partial charge on any atom is -0.434 e. The number of hydrogen-bond donors (Lipinski definition) is 2. The van der Waals surface area contributed by atoms with Gasteiger partial charge in [0.15, 0.2) is 0 Å². The summed E-state index contributed by atoms with van der Waals surface area (Å²) in [7, 11) is 0. The molecular weight excluding hydrogens is 303 g/mol. The number of ether oxygens (including phenoxy) is 2. The van der Waals surface area contributed by atoms with Crippen molar-refractivity contribution in [3.8, 4) is 5.75 Å². The van der Waals surface area contributed by atoms with Crippen LogP contribution in [0.15, 0.2) is 48.5 Å². The minimum atomic E-state index is -0.794. The smallest absolute Gasteiger partial charge is 0.434 e. The summed E-state index contributed by atoms with van der Waals surface area (Å²) in [6, 6.07) is 11.2. The van der Waals surface area contributed by atoms with Gasteiger partial charge in [-0.3, -0.25) is 0 Å². The van der Waals surface area contributed by atoms with Crippen LogP contribution in [0.3, 0.4) is 0 Å². The van der Waals surface area contributed by atoms with Crippen molar-refractivity contribution in [1.29, 1.82) is 0 Å². The fraction of sp³-hybridized carbons (Fsp3) is 0.125. The van der Waals surface area contributed by atoms with E-state index in [9.17, 15) is 14.0 Å². The van der Waals surface area contributed by atoms with Gasteiger partial charge in [-0.1, -0.05) is 6.07 Å². The molecule has 0 unspecified atom stereocenters. The number of rotatable bonds is 4. The molecule has 0 saturated carbocycles. The highest BCUT2D eigenvalue weighted by Crippen LogP contribution is 2.17. The third-order valence-corrected chi connectivity index (χ3v) is 2.66. The Balaban J connectivity index is 1.90. The van der Waals surface area contributed by atoms with Gasteiger partial charge in [0.25, 0.3) is 0 Å². The number of halogens is 1. The molecule has 0 aliphatic rings. The Labute approximate surface area is 132 Å². The van der Waals surface area contributed by atoms with Crippen molar-refractivity contribution in [1.82, 2.24) is 0 Å². The topological polar surface area (TPSA) is 76.7 Å². The van der Waals surface area contributed by atoms with Crippen LogP contribution in [0.1, 0.15) is 6.92 Å². The van der Waals surface area contributed by atoms with Crippen molar-refractivity contribution in [2.45, 2.75) is 6.92 Å². The van der Waals surface area contributed by atoms with Gasteiger partial charge >= 0.3 is 12.2 Å². The van der Waals surface area contributed by atoms with Crippen LogP contribution >= 0.6 is 0 Å². The van der Waals surface area contributed by atoms with Crippen LogP contribution in [0.4, 0.5) is 25.4 Å². The molecule has 2 aromatic carbocycles. The summed E-state index contributed by atoms with van der Waals surface area (Å²) in [4.78, 5) is 22.9. The van der Waals surface area contributed by atoms with Crippen molar-refractivity contribution in [2.24, 2.45) is 0 Å². The summed E-state index contributed by atoms with van der Waals surface area (Å²) in [6.07, 6.45) is -0.794. The Hall–Kier alpha value is -3.09. The number of hydrogen-bond acceptors (Lipinski definition) is 4. The van der Waals surface area contributed by atoms with E-state index in [1.54, 1.807) is 25.1 Å². The normalized spacial score (nSPS) is 9.83. The van der Waals surface area contributed by atoms with Gasteiger partial charge in [0.2, 0.25) is 0 Å². The Morgan fingerprint density at radius 3 is 2.39 bits per heavy atom. The van der Waals surface area contributed by atoms with Gasteiger partial charge in [-0.25, -0.2) is 14.0 Å². The molecule has 0 radical (unpaired) electrons. The highest BCUT2D eigenvalue weighted by atomic mass is 19.1. The first-order valence-corrected chi connectivity index (χ1v) is 6.85. The zero-order valence-corrected chi connectivity index (χ0v) is 12.3. The highest BCUT2D eigenvalue weighted by molar-refractivity contribution is 5.99. The second-order valence-electron chi connectivity index (χ2n) is 4.40. The molecule has 0 fully saturated rings. The second-order valence-corrected chi connectivity index (χ2v) is 4.40. The first kappa shape index (κ1) is 16.3. The van der Waals surface area contributed by atoms with Gasteiger partial charge in [-0.2, -0.15) is 0 Å². The standard InChI is InChI=1S/C16H15FN2O4/c1-2-22-16(21)23-14-8-6-12(7-9-14)18-15(20)19-13-5-3-4-11(17)10-13/h3-10H,2H2,1H3,(H2,18,19,20). The molecule has 23 heavy (non-hydrogen) atoms. The molecule has 0 bridgehead atoms. The Bertz CT molecular complexity index is 689. The van der Waals surface area contributed by atoms with Crippen LogP contribution in [0, 0.1) is 5.82 Å². The molecule has 0 aliphatic heterocycles. The van der Waals surface area contributed by atoms with E-state index in [1.807, 2.05) is 0 Å². The maximum atomic E-state index is 13.0. The third kappa shape index (κ3) is 5.31. The molecule has 2 N–H and O–H groups in total. The number of carbonyl (C=O) groups is 2. The van der Waals surface area contributed by atoms with Crippen molar-refractivity contribution >= 4 is 23.6 Å². The van der Waals surface area contributed by atoms with E-state index in [2.05, 4.69) is 15.4 Å². The predicted octanol–water partition coefficient (Wildman–Crippen LogP) is 4.01. The fourth-order valence-electron chi connectivity index (χ4n) is 1.71. The van der Waals surface area contributed by atoms with E-state index in [0.29, 0.717) is 17.1 Å². The molecule has 0 heterocycles. The molecule has 6 nitrogen and oxygen atoms in total. The number of urea groups is 1. The molecular formula is C16H15FN2O4. The molecule has 2 amide bonds. The van der Waals surface area contributed by atoms with E-state index >= 15 is 0 Å². The van der Waals surface area contributed by atoms with Crippen LogP contribution in [0.25, 0.3) is 0 Å². The summed E-state index contributed by atoms with van der Waals surface area (Å²) in [5, 5.41) is 5.07. The molecule has 2 rings (SSSR count). The third-order valence-electron chi connectivity index (χ3n) is 2.66. The predicted molar refractivity (Wildman–Crippen MR) is 83.1 cm³/mol. The van der Waals surface area contributed by atoms with Gasteiger partial charge < -0.3 is 20.1 Å². The molecule has 0 aromatic heterocycles. The summed E-state index contributed by atoms with van der Waals surface area (Å²) in [5.74, 6) is -0.150. The van der Waals surface area contributed by atoms with Gasteiger partial charge in [0.1, 0.15) is 11.6 Å². The lowest BCUT2D eigenvalue weighted by Gasteiger charge is -2.08. The molecule has 0 atom stereocenters. The average Bonchev–Trinajstić information content (AvgIpc) is 2.49. The average molecular weight is 318 g/mol. The monoisotopic (exact) mass is 318 g/mol. The highest BCUT2D eigenvalue weighted by Gasteiger charge is 2.06. The lowest BCUT2D eigenvalue weighted by atomic mass is 10.3. The molecule has 0 saturated heterocycles. The lowest BCUT2D eigenvalue weighted by molar-refractivity contribution is 0.104. The Morgan fingerprint density at radius 2 is 1.74 bits per heavy atom. The van der Waals surface area contributed by atoms with Crippen molar-refractivity contribution in [3.63, 3.8) is 0 Å². The Morgan fingerprint density at radius 1 is 1.04 bits per heavy atom. The van der Waals surface area contributed by atoms with E-state index in [1.165, 1.54) is 30.3 Å². The maximum absolute atomic E-state index is 13.0. The van der Waals surface area contributed by atoms with E-state index in [-0.39, 0.29) is 6.61 Å². The summed E-state index contributed by atoms with van der Waals surface area (Å²) < 4.78 is 22.6. The van der Waals surface area contributed by atoms with E-state index in [0.717, 1.165) is 0 Å². The molecule has 0 aliphatic carbocycles. The van der Waals surface area contributed by atoms with Gasteiger partial charge in [0.05, 0.1) is 6.61 Å². The molecule has 0 spiro atoms. The minimum absolute atomic E-state index is 0.221. The number of amides is 2. The molecule has 120 valence electrons. The number of carbonyl (C=O) groups excluding carboxylic acids is 2. The van der Waals surface area contributed by atoms with Crippen LogP contribution in [0.5, 0.6) is 5.75 Å². The van der Waals surface area contributed by atoms with Crippen LogP contribution in [-0.4, -0.2) is 18.8 Å². The zero-order valence-electron chi connectivity index (χ0n) is 12.3. The largest absolute Gasteiger partial charge is 0.513 e. The van der Waals surface area contributed by atoms with Crippen LogP contribution in [0.2, 0.25) is 0 Å². The van der Waals surface area contributed by atoms with Crippen molar-refractivity contribution < 1.29 is 23.5 Å². The first-order chi connectivity index (χ1) is 11.1. The molecule has 2 aromatic rings. The van der Waals surface area contributed by atoms with Crippen LogP contribution in [-0.2, 0) is 4.74 Å². The maximum Gasteiger partial charge on any atom is 0.513 e. The second kappa shape index (κ2) is 7.79. The van der Waals surface area contributed by atoms with Gasteiger partial charge in [-0.15, -0.1) is 0 Å². The SMILES string of the molecule is CCOC(=O)Oc1ccc(NC(=O)Nc2cccc(F)c2)cc1. The zero-order chi connectivity index (χ0) is 16.7.